The van der Waals surface area contributed by atoms with Crippen molar-refractivity contribution in [2.24, 2.45) is 0 Å². The number of aryl methyl sites for hydroxylation is 1. The molecule has 1 saturated carbocycles. The zero-order chi connectivity index (χ0) is 14.7. The zero-order valence-electron chi connectivity index (χ0n) is 13.5. The van der Waals surface area contributed by atoms with Crippen molar-refractivity contribution in [2.75, 3.05) is 33.2 Å². The second-order valence-corrected chi connectivity index (χ2v) is 6.57. The molecule has 3 rings (SSSR count). The fraction of sp³-hybridized carbons (Fsp3) is 0.765. The molecule has 1 saturated heterocycles. The highest BCUT2D eigenvalue weighted by Gasteiger charge is 2.26. The number of hydrogen-bond donors (Lipinski definition) is 1. The molecule has 0 bridgehead atoms. The third kappa shape index (κ3) is 3.68. The van der Waals surface area contributed by atoms with Crippen LogP contribution in [0, 0.1) is 6.92 Å². The number of hydrogen-bond acceptors (Lipinski definition) is 4. The molecule has 21 heavy (non-hydrogen) atoms. The molecule has 118 valence electrons. The minimum absolute atomic E-state index is 0.875. The molecule has 1 aromatic rings. The van der Waals surface area contributed by atoms with E-state index in [2.05, 4.69) is 28.1 Å². The molecule has 0 radical (unpaired) electrons. The normalized spacial score (nSPS) is 22.2. The van der Waals surface area contributed by atoms with Gasteiger partial charge < -0.3 is 9.73 Å². The van der Waals surface area contributed by atoms with Crippen LogP contribution in [0.25, 0.3) is 0 Å². The summed E-state index contributed by atoms with van der Waals surface area (Å²) in [6, 6.07) is 3.09. The molecule has 1 aromatic heterocycles. The second kappa shape index (κ2) is 6.95. The largest absolute Gasteiger partial charge is 0.465 e. The van der Waals surface area contributed by atoms with Gasteiger partial charge in [-0.1, -0.05) is 12.8 Å². The summed E-state index contributed by atoms with van der Waals surface area (Å²) in [5.41, 5.74) is 1.29. The van der Waals surface area contributed by atoms with Crippen LogP contribution < -0.4 is 5.32 Å². The van der Waals surface area contributed by atoms with Gasteiger partial charge in [-0.25, -0.2) is 0 Å². The van der Waals surface area contributed by atoms with Crippen LogP contribution in [0.2, 0.25) is 0 Å². The minimum atomic E-state index is 0.875. The van der Waals surface area contributed by atoms with Crippen molar-refractivity contribution in [3.8, 4) is 0 Å². The molecule has 2 aliphatic rings. The zero-order valence-corrected chi connectivity index (χ0v) is 13.5. The van der Waals surface area contributed by atoms with Gasteiger partial charge in [-0.3, -0.25) is 9.80 Å². The number of nitrogens with zero attached hydrogens (tertiary/aromatic N) is 2. The summed E-state index contributed by atoms with van der Waals surface area (Å²) in [5, 5.41) is 3.20. The van der Waals surface area contributed by atoms with Crippen LogP contribution in [0.15, 0.2) is 10.5 Å². The van der Waals surface area contributed by atoms with Crippen LogP contribution in [0.5, 0.6) is 0 Å². The molecule has 2 heterocycles. The summed E-state index contributed by atoms with van der Waals surface area (Å²) in [6.45, 7) is 8.73. The standard InChI is InChI=1S/C17H29N3O/c1-14-15(12-18-2)11-17(21-14)13-19-7-9-20(10-8-19)16-5-3-4-6-16/h11,16,18H,3-10,12-13H2,1-2H3. The first-order chi connectivity index (χ1) is 10.3. The number of furan rings is 1. The highest BCUT2D eigenvalue weighted by molar-refractivity contribution is 5.20. The van der Waals surface area contributed by atoms with E-state index < -0.39 is 0 Å². The Balaban J connectivity index is 1.49. The molecule has 0 aromatic carbocycles. The van der Waals surface area contributed by atoms with Crippen molar-refractivity contribution < 1.29 is 4.42 Å². The van der Waals surface area contributed by atoms with E-state index in [4.69, 9.17) is 4.42 Å². The van der Waals surface area contributed by atoms with Crippen LogP contribution in [0.4, 0.5) is 0 Å². The van der Waals surface area contributed by atoms with Crippen molar-refractivity contribution >= 4 is 0 Å². The highest BCUT2D eigenvalue weighted by Crippen LogP contribution is 2.25. The van der Waals surface area contributed by atoms with Gasteiger partial charge >= 0.3 is 0 Å². The summed E-state index contributed by atoms with van der Waals surface area (Å²) >= 11 is 0. The van der Waals surface area contributed by atoms with Gasteiger partial charge in [0.1, 0.15) is 11.5 Å². The van der Waals surface area contributed by atoms with Crippen molar-refractivity contribution in [3.63, 3.8) is 0 Å². The lowest BCUT2D eigenvalue weighted by Crippen LogP contribution is -2.49. The van der Waals surface area contributed by atoms with Crippen molar-refractivity contribution in [3.05, 3.63) is 23.2 Å². The Morgan fingerprint density at radius 3 is 2.57 bits per heavy atom. The number of piperazine rings is 1. The van der Waals surface area contributed by atoms with E-state index in [1.807, 2.05) is 7.05 Å². The van der Waals surface area contributed by atoms with Gasteiger partial charge in [0.25, 0.3) is 0 Å². The second-order valence-electron chi connectivity index (χ2n) is 6.57. The van der Waals surface area contributed by atoms with Crippen molar-refractivity contribution in [2.45, 2.75) is 51.7 Å². The molecule has 0 unspecified atom stereocenters. The lowest BCUT2D eigenvalue weighted by atomic mass is 10.2. The van der Waals surface area contributed by atoms with Gasteiger partial charge in [0.05, 0.1) is 6.54 Å². The van der Waals surface area contributed by atoms with Gasteiger partial charge in [0.15, 0.2) is 0 Å². The van der Waals surface area contributed by atoms with E-state index in [0.29, 0.717) is 0 Å². The molecular formula is C17H29N3O. The van der Waals surface area contributed by atoms with E-state index >= 15 is 0 Å². The third-order valence-corrected chi connectivity index (χ3v) is 5.07. The van der Waals surface area contributed by atoms with Crippen LogP contribution in [0.3, 0.4) is 0 Å². The van der Waals surface area contributed by atoms with Crippen LogP contribution in [-0.4, -0.2) is 49.1 Å². The van der Waals surface area contributed by atoms with Gasteiger partial charge in [0.2, 0.25) is 0 Å². The fourth-order valence-electron chi connectivity index (χ4n) is 3.81. The predicted octanol–water partition coefficient (Wildman–Crippen LogP) is 2.37. The van der Waals surface area contributed by atoms with Crippen LogP contribution >= 0.6 is 0 Å². The Morgan fingerprint density at radius 1 is 1.19 bits per heavy atom. The molecule has 1 N–H and O–H groups in total. The summed E-state index contributed by atoms with van der Waals surface area (Å²) in [5.74, 6) is 2.18. The Hall–Kier alpha value is -0.840. The highest BCUT2D eigenvalue weighted by atomic mass is 16.3. The van der Waals surface area contributed by atoms with Gasteiger partial charge in [-0.15, -0.1) is 0 Å². The lowest BCUT2D eigenvalue weighted by Gasteiger charge is -2.37. The predicted molar refractivity (Wildman–Crippen MR) is 85.3 cm³/mol. The monoisotopic (exact) mass is 291 g/mol. The third-order valence-electron chi connectivity index (χ3n) is 5.07. The van der Waals surface area contributed by atoms with Crippen molar-refractivity contribution in [1.82, 2.24) is 15.1 Å². The molecule has 0 atom stereocenters. The Morgan fingerprint density at radius 2 is 1.90 bits per heavy atom. The SMILES string of the molecule is CNCc1cc(CN2CCN(C3CCCC3)CC2)oc1C. The Bertz CT molecular complexity index is 443. The maximum absolute atomic E-state index is 5.90. The smallest absolute Gasteiger partial charge is 0.118 e. The average molecular weight is 291 g/mol. The van der Waals surface area contributed by atoms with E-state index in [9.17, 15) is 0 Å². The van der Waals surface area contributed by atoms with Crippen LogP contribution in [0.1, 0.15) is 42.8 Å². The summed E-state index contributed by atoms with van der Waals surface area (Å²) in [7, 11) is 1.98. The summed E-state index contributed by atoms with van der Waals surface area (Å²) in [4.78, 5) is 5.25. The Kier molecular flexibility index (Phi) is 4.99. The first-order valence-electron chi connectivity index (χ1n) is 8.45. The number of nitrogens with one attached hydrogen (secondary N) is 1. The van der Waals surface area contributed by atoms with Crippen LogP contribution in [-0.2, 0) is 13.1 Å². The van der Waals surface area contributed by atoms with E-state index in [1.165, 1.54) is 57.4 Å². The summed E-state index contributed by atoms with van der Waals surface area (Å²) < 4.78 is 5.90. The van der Waals surface area contributed by atoms with E-state index in [-0.39, 0.29) is 0 Å². The van der Waals surface area contributed by atoms with E-state index in [0.717, 1.165) is 30.7 Å². The molecule has 4 heteroatoms. The molecular weight excluding hydrogens is 262 g/mol. The lowest BCUT2D eigenvalue weighted by molar-refractivity contribution is 0.0893. The molecule has 4 nitrogen and oxygen atoms in total. The van der Waals surface area contributed by atoms with Gasteiger partial charge in [-0.2, -0.15) is 0 Å². The molecule has 0 spiro atoms. The Labute approximate surface area is 128 Å². The maximum Gasteiger partial charge on any atom is 0.118 e. The summed E-state index contributed by atoms with van der Waals surface area (Å²) in [6.07, 6.45) is 5.71. The minimum Gasteiger partial charge on any atom is -0.465 e. The molecule has 2 fully saturated rings. The average Bonchev–Trinajstić information content (AvgIpc) is 3.11. The first-order valence-corrected chi connectivity index (χ1v) is 8.45. The fourth-order valence-corrected chi connectivity index (χ4v) is 3.81. The van der Waals surface area contributed by atoms with Gasteiger partial charge in [0, 0.05) is 44.3 Å². The van der Waals surface area contributed by atoms with Crippen molar-refractivity contribution in [1.29, 1.82) is 0 Å². The quantitative estimate of drug-likeness (QED) is 0.902. The van der Waals surface area contributed by atoms with Gasteiger partial charge in [-0.05, 0) is 32.9 Å². The first kappa shape index (κ1) is 15.1. The molecule has 1 aliphatic carbocycles. The topological polar surface area (TPSA) is 31.6 Å². The number of rotatable bonds is 5. The molecule has 1 aliphatic heterocycles. The van der Waals surface area contributed by atoms with E-state index in [1.54, 1.807) is 0 Å². The maximum atomic E-state index is 5.90. The molecule has 0 amide bonds.